The highest BCUT2D eigenvalue weighted by atomic mass is 35.5. The van der Waals surface area contributed by atoms with Crippen LogP contribution in [-0.4, -0.2) is 9.78 Å². The molecule has 1 aliphatic carbocycles. The van der Waals surface area contributed by atoms with Gasteiger partial charge in [-0.25, -0.2) is 4.68 Å². The zero-order valence-electron chi connectivity index (χ0n) is 10.5. The van der Waals surface area contributed by atoms with E-state index in [0.29, 0.717) is 17.5 Å². The van der Waals surface area contributed by atoms with E-state index in [1.165, 1.54) is 6.07 Å². The molecule has 0 spiro atoms. The van der Waals surface area contributed by atoms with Crippen LogP contribution in [0.15, 0.2) is 30.5 Å². The fraction of sp³-hybridized carbons (Fsp3) is 0.357. The van der Waals surface area contributed by atoms with E-state index < -0.39 is 11.7 Å². The molecule has 1 heterocycles. The second-order valence-corrected chi connectivity index (χ2v) is 5.19. The lowest BCUT2D eigenvalue weighted by Crippen LogP contribution is -2.08. The Kier molecular flexibility index (Phi) is 3.24. The molecule has 0 radical (unpaired) electrons. The summed E-state index contributed by atoms with van der Waals surface area (Å²) in [5.74, 6) is 0.686. The number of rotatable bonds is 3. The highest BCUT2D eigenvalue weighted by Gasteiger charge is 2.33. The van der Waals surface area contributed by atoms with Gasteiger partial charge in [0.1, 0.15) is 0 Å². The van der Waals surface area contributed by atoms with Crippen molar-refractivity contribution < 1.29 is 13.2 Å². The third kappa shape index (κ3) is 2.42. The van der Waals surface area contributed by atoms with Gasteiger partial charge in [-0.1, -0.05) is 6.07 Å². The van der Waals surface area contributed by atoms with Gasteiger partial charge in [0.25, 0.3) is 0 Å². The molecule has 6 heteroatoms. The van der Waals surface area contributed by atoms with Crippen LogP contribution < -0.4 is 0 Å². The molecule has 2 nitrogen and oxygen atoms in total. The number of hydrogen-bond acceptors (Lipinski definition) is 1. The summed E-state index contributed by atoms with van der Waals surface area (Å²) < 4.78 is 39.9. The van der Waals surface area contributed by atoms with E-state index in [1.807, 2.05) is 0 Å². The van der Waals surface area contributed by atoms with Gasteiger partial charge >= 0.3 is 6.18 Å². The Labute approximate surface area is 119 Å². The van der Waals surface area contributed by atoms with Crippen LogP contribution in [0, 0.1) is 0 Å². The fourth-order valence-electron chi connectivity index (χ4n) is 2.31. The molecule has 20 heavy (non-hydrogen) atoms. The zero-order chi connectivity index (χ0) is 14.3. The molecule has 0 N–H and O–H groups in total. The van der Waals surface area contributed by atoms with Gasteiger partial charge in [0.2, 0.25) is 0 Å². The summed E-state index contributed by atoms with van der Waals surface area (Å²) in [6.45, 7) is 0. The first-order valence-corrected chi connectivity index (χ1v) is 6.84. The van der Waals surface area contributed by atoms with Crippen LogP contribution in [-0.2, 0) is 12.1 Å². The minimum absolute atomic E-state index is 0.324. The molecule has 0 unspecified atom stereocenters. The van der Waals surface area contributed by atoms with E-state index in [2.05, 4.69) is 5.10 Å². The van der Waals surface area contributed by atoms with Crippen LogP contribution in [0.2, 0.25) is 0 Å². The first-order valence-electron chi connectivity index (χ1n) is 6.31. The van der Waals surface area contributed by atoms with E-state index in [4.69, 9.17) is 11.6 Å². The number of halogens is 4. The van der Waals surface area contributed by atoms with Gasteiger partial charge in [-0.15, -0.1) is 11.6 Å². The second-order valence-electron chi connectivity index (χ2n) is 4.92. The minimum atomic E-state index is -4.35. The number of hydrogen-bond donors (Lipinski definition) is 0. The average Bonchev–Trinajstić information content (AvgIpc) is 3.17. The van der Waals surface area contributed by atoms with Gasteiger partial charge in [-0.2, -0.15) is 18.3 Å². The van der Waals surface area contributed by atoms with Crippen molar-refractivity contribution in [2.75, 3.05) is 0 Å². The Hall–Kier alpha value is -1.49. The third-order valence-electron chi connectivity index (χ3n) is 3.41. The quantitative estimate of drug-likeness (QED) is 0.763. The number of alkyl halides is 4. The summed E-state index contributed by atoms with van der Waals surface area (Å²) in [6.07, 6.45) is -0.637. The van der Waals surface area contributed by atoms with Crippen LogP contribution in [0.1, 0.15) is 35.6 Å². The number of benzene rings is 1. The van der Waals surface area contributed by atoms with Crippen molar-refractivity contribution in [1.29, 1.82) is 0 Å². The molecular weight excluding hydrogens is 289 g/mol. The molecular formula is C14H12ClF3N2. The van der Waals surface area contributed by atoms with Crippen molar-refractivity contribution in [3.05, 3.63) is 47.3 Å². The Morgan fingerprint density at radius 1 is 1.30 bits per heavy atom. The van der Waals surface area contributed by atoms with Crippen molar-refractivity contribution in [3.8, 4) is 5.69 Å². The minimum Gasteiger partial charge on any atom is -0.237 e. The zero-order valence-corrected chi connectivity index (χ0v) is 11.2. The average molecular weight is 301 g/mol. The van der Waals surface area contributed by atoms with E-state index >= 15 is 0 Å². The SMILES string of the molecule is FC(F)(F)c1cccc(-n2ncc(CCl)c2C2CC2)c1. The predicted molar refractivity (Wildman–Crippen MR) is 70.1 cm³/mol. The van der Waals surface area contributed by atoms with E-state index in [0.717, 1.165) is 36.2 Å². The van der Waals surface area contributed by atoms with E-state index in [1.54, 1.807) is 16.9 Å². The summed E-state index contributed by atoms with van der Waals surface area (Å²) >= 11 is 5.88. The van der Waals surface area contributed by atoms with Crippen LogP contribution in [0.25, 0.3) is 5.69 Å². The van der Waals surface area contributed by atoms with Gasteiger partial charge in [-0.3, -0.25) is 0 Å². The van der Waals surface area contributed by atoms with Gasteiger partial charge < -0.3 is 0 Å². The first kappa shape index (κ1) is 13.5. The van der Waals surface area contributed by atoms with Gasteiger partial charge in [0.15, 0.2) is 0 Å². The molecule has 0 aliphatic heterocycles. The Bertz CT molecular complexity index is 630. The van der Waals surface area contributed by atoms with Crippen LogP contribution >= 0.6 is 11.6 Å². The maximum absolute atomic E-state index is 12.8. The number of aromatic nitrogens is 2. The summed E-state index contributed by atoms with van der Waals surface area (Å²) in [5, 5.41) is 4.21. The molecule has 1 aliphatic rings. The molecule has 1 aromatic carbocycles. The predicted octanol–water partition coefficient (Wildman–Crippen LogP) is 4.51. The molecule has 0 bridgehead atoms. The maximum Gasteiger partial charge on any atom is 0.416 e. The van der Waals surface area contributed by atoms with Crippen LogP contribution in [0.4, 0.5) is 13.2 Å². The normalized spacial score (nSPS) is 15.6. The summed E-state index contributed by atoms with van der Waals surface area (Å²) in [4.78, 5) is 0. The largest absolute Gasteiger partial charge is 0.416 e. The first-order chi connectivity index (χ1) is 9.50. The van der Waals surface area contributed by atoms with Crippen molar-refractivity contribution in [2.45, 2.75) is 30.8 Å². The summed E-state index contributed by atoms with van der Waals surface area (Å²) in [5.41, 5.74) is 1.60. The molecule has 1 aromatic heterocycles. The lowest BCUT2D eigenvalue weighted by atomic mass is 10.1. The van der Waals surface area contributed by atoms with Crippen molar-refractivity contribution >= 4 is 11.6 Å². The van der Waals surface area contributed by atoms with Gasteiger partial charge in [0, 0.05) is 11.5 Å². The Balaban J connectivity index is 2.07. The fourth-order valence-corrected chi connectivity index (χ4v) is 2.51. The van der Waals surface area contributed by atoms with E-state index in [-0.39, 0.29) is 0 Å². The molecule has 1 saturated carbocycles. The van der Waals surface area contributed by atoms with Crippen LogP contribution in [0.5, 0.6) is 0 Å². The highest BCUT2D eigenvalue weighted by Crippen LogP contribution is 2.43. The van der Waals surface area contributed by atoms with Gasteiger partial charge in [-0.05, 0) is 31.0 Å². The molecule has 1 fully saturated rings. The van der Waals surface area contributed by atoms with Crippen molar-refractivity contribution in [3.63, 3.8) is 0 Å². The molecule has 106 valence electrons. The number of nitrogens with zero attached hydrogens (tertiary/aromatic N) is 2. The second kappa shape index (κ2) is 4.81. The molecule has 0 atom stereocenters. The smallest absolute Gasteiger partial charge is 0.237 e. The standard InChI is InChI=1S/C14H12ClF3N2/c15-7-10-8-19-20(13(10)9-4-5-9)12-3-1-2-11(6-12)14(16,17)18/h1-3,6,8-9H,4-5,7H2. The lowest BCUT2D eigenvalue weighted by Gasteiger charge is -2.11. The monoisotopic (exact) mass is 300 g/mol. The Morgan fingerprint density at radius 3 is 2.65 bits per heavy atom. The van der Waals surface area contributed by atoms with Crippen LogP contribution in [0.3, 0.4) is 0 Å². The third-order valence-corrected chi connectivity index (χ3v) is 3.70. The Morgan fingerprint density at radius 2 is 2.05 bits per heavy atom. The van der Waals surface area contributed by atoms with Crippen molar-refractivity contribution in [2.24, 2.45) is 0 Å². The molecule has 0 amide bonds. The van der Waals surface area contributed by atoms with Crippen molar-refractivity contribution in [1.82, 2.24) is 9.78 Å². The highest BCUT2D eigenvalue weighted by molar-refractivity contribution is 6.17. The summed E-state index contributed by atoms with van der Waals surface area (Å²) in [7, 11) is 0. The molecule has 2 aromatic rings. The summed E-state index contributed by atoms with van der Waals surface area (Å²) in [6, 6.07) is 5.21. The lowest BCUT2D eigenvalue weighted by molar-refractivity contribution is -0.137. The molecule has 3 rings (SSSR count). The maximum atomic E-state index is 12.8. The van der Waals surface area contributed by atoms with E-state index in [9.17, 15) is 13.2 Å². The van der Waals surface area contributed by atoms with Gasteiger partial charge in [0.05, 0.1) is 29.0 Å². The topological polar surface area (TPSA) is 17.8 Å². The molecule has 0 saturated heterocycles.